The van der Waals surface area contributed by atoms with Crippen LogP contribution in [0.25, 0.3) is 0 Å². The Balaban J connectivity index is 2.26. The molecule has 6 heteroatoms. The molecule has 1 heterocycles. The van der Waals surface area contributed by atoms with Crippen molar-refractivity contribution in [3.63, 3.8) is 0 Å². The van der Waals surface area contributed by atoms with Gasteiger partial charge in [-0.3, -0.25) is 19.5 Å². The van der Waals surface area contributed by atoms with E-state index in [9.17, 15) is 14.4 Å². The van der Waals surface area contributed by atoms with Gasteiger partial charge in [-0.25, -0.2) is 4.68 Å². The second-order valence-electron chi connectivity index (χ2n) is 3.66. The molecule has 0 amide bonds. The van der Waals surface area contributed by atoms with Gasteiger partial charge in [0.25, 0.3) is 11.1 Å². The number of H-pyrrole nitrogens is 1. The first-order valence-corrected chi connectivity index (χ1v) is 5.53. The van der Waals surface area contributed by atoms with Crippen LogP contribution in [0.1, 0.15) is 10.4 Å². The van der Waals surface area contributed by atoms with Gasteiger partial charge in [0.1, 0.15) is 6.54 Å². The predicted octanol–water partition coefficient (Wildman–Crippen LogP) is 1.07. The van der Waals surface area contributed by atoms with E-state index in [4.69, 9.17) is 11.6 Å². The Kier molecular flexibility index (Phi) is 3.43. The summed E-state index contributed by atoms with van der Waals surface area (Å²) in [7, 11) is 0. The zero-order valence-corrected chi connectivity index (χ0v) is 9.98. The molecule has 0 fully saturated rings. The van der Waals surface area contributed by atoms with Crippen LogP contribution in [-0.4, -0.2) is 15.6 Å². The van der Waals surface area contributed by atoms with E-state index in [-0.39, 0.29) is 12.3 Å². The zero-order chi connectivity index (χ0) is 13.1. The number of carbonyl (C=O) groups is 1. The molecule has 0 unspecified atom stereocenters. The van der Waals surface area contributed by atoms with Crippen LogP contribution < -0.4 is 11.1 Å². The van der Waals surface area contributed by atoms with Crippen molar-refractivity contribution in [3.05, 3.63) is 67.7 Å². The van der Waals surface area contributed by atoms with Crippen LogP contribution >= 0.6 is 11.6 Å². The van der Waals surface area contributed by atoms with Gasteiger partial charge in [-0.1, -0.05) is 11.6 Å². The van der Waals surface area contributed by atoms with Gasteiger partial charge in [0.05, 0.1) is 0 Å². The highest BCUT2D eigenvalue weighted by Gasteiger charge is 2.08. The average molecular weight is 265 g/mol. The van der Waals surface area contributed by atoms with Crippen molar-refractivity contribution in [3.8, 4) is 0 Å². The number of carbonyl (C=O) groups excluding carboxylic acids is 1. The highest BCUT2D eigenvalue weighted by molar-refractivity contribution is 6.30. The fraction of sp³-hybridized carbons (Fsp3) is 0.0833. The number of halogens is 1. The standard InChI is InChI=1S/C12H9ClN2O3/c13-9-3-1-8(2-4-9)10(16)7-15-12(18)6-5-11(17)14-15/h1-6H,7H2,(H,14,17). The van der Waals surface area contributed by atoms with Crippen molar-refractivity contribution in [1.82, 2.24) is 9.78 Å². The Morgan fingerprint density at radius 1 is 1.11 bits per heavy atom. The van der Waals surface area contributed by atoms with Crippen LogP contribution in [0, 0.1) is 0 Å². The Bertz CT molecular complexity index is 685. The third-order valence-electron chi connectivity index (χ3n) is 2.36. The molecule has 1 aromatic heterocycles. The van der Waals surface area contributed by atoms with Gasteiger partial charge in [0.2, 0.25) is 0 Å². The van der Waals surface area contributed by atoms with Crippen LogP contribution in [0.5, 0.6) is 0 Å². The molecule has 0 saturated heterocycles. The first kappa shape index (κ1) is 12.3. The Hall–Kier alpha value is -2.14. The maximum Gasteiger partial charge on any atom is 0.265 e. The number of aromatic nitrogens is 2. The molecule has 0 bridgehead atoms. The molecule has 2 aromatic rings. The van der Waals surface area contributed by atoms with Crippen molar-refractivity contribution in [1.29, 1.82) is 0 Å². The van der Waals surface area contributed by atoms with E-state index >= 15 is 0 Å². The number of ketones is 1. The lowest BCUT2D eigenvalue weighted by Gasteiger charge is -2.04. The summed E-state index contributed by atoms with van der Waals surface area (Å²) in [6.45, 7) is -0.212. The summed E-state index contributed by atoms with van der Waals surface area (Å²) >= 11 is 5.71. The van der Waals surface area contributed by atoms with Crippen LogP contribution in [0.3, 0.4) is 0 Å². The summed E-state index contributed by atoms with van der Waals surface area (Å²) < 4.78 is 0.972. The van der Waals surface area contributed by atoms with E-state index in [0.29, 0.717) is 10.6 Å². The van der Waals surface area contributed by atoms with Gasteiger partial charge >= 0.3 is 0 Å². The molecule has 0 spiro atoms. The molecule has 2 rings (SSSR count). The Morgan fingerprint density at radius 3 is 2.44 bits per heavy atom. The maximum absolute atomic E-state index is 11.9. The Labute approximate surface area is 107 Å². The molecule has 0 aliphatic carbocycles. The largest absolute Gasteiger partial charge is 0.292 e. The lowest BCUT2D eigenvalue weighted by molar-refractivity contribution is 0.0965. The summed E-state index contributed by atoms with van der Waals surface area (Å²) in [6.07, 6.45) is 0. The number of nitrogens with one attached hydrogen (secondary N) is 1. The minimum Gasteiger partial charge on any atom is -0.292 e. The Morgan fingerprint density at radius 2 is 1.78 bits per heavy atom. The minimum atomic E-state index is -0.433. The van der Waals surface area contributed by atoms with Crippen molar-refractivity contribution in [2.75, 3.05) is 0 Å². The first-order chi connectivity index (χ1) is 8.56. The van der Waals surface area contributed by atoms with Gasteiger partial charge in [-0.2, -0.15) is 0 Å². The monoisotopic (exact) mass is 264 g/mol. The normalized spacial score (nSPS) is 10.3. The van der Waals surface area contributed by atoms with Gasteiger partial charge in [-0.05, 0) is 24.3 Å². The van der Waals surface area contributed by atoms with E-state index < -0.39 is 11.1 Å². The number of Topliss-reactive ketones (excluding diaryl/α,β-unsaturated/α-hetero) is 1. The average Bonchev–Trinajstić information content (AvgIpc) is 2.34. The molecule has 1 aromatic carbocycles. The second-order valence-corrected chi connectivity index (χ2v) is 4.10. The fourth-order valence-corrected chi connectivity index (χ4v) is 1.58. The molecule has 0 atom stereocenters. The van der Waals surface area contributed by atoms with Crippen LogP contribution in [0.15, 0.2) is 46.0 Å². The van der Waals surface area contributed by atoms with Crippen molar-refractivity contribution >= 4 is 17.4 Å². The maximum atomic E-state index is 11.9. The molecule has 1 N–H and O–H groups in total. The molecule has 0 saturated carbocycles. The molecular weight excluding hydrogens is 256 g/mol. The summed E-state index contributed by atoms with van der Waals surface area (Å²) in [5, 5.41) is 2.81. The molecular formula is C12H9ClN2O3. The summed E-state index contributed by atoms with van der Waals surface area (Å²) in [5.41, 5.74) is -0.438. The summed E-state index contributed by atoms with van der Waals surface area (Å²) in [5.74, 6) is -0.282. The third-order valence-corrected chi connectivity index (χ3v) is 2.61. The molecule has 18 heavy (non-hydrogen) atoms. The van der Waals surface area contributed by atoms with Crippen molar-refractivity contribution in [2.24, 2.45) is 0 Å². The van der Waals surface area contributed by atoms with Crippen LogP contribution in [0.4, 0.5) is 0 Å². The summed E-state index contributed by atoms with van der Waals surface area (Å²) in [4.78, 5) is 34.3. The van der Waals surface area contributed by atoms with Crippen LogP contribution in [0.2, 0.25) is 5.02 Å². The molecule has 0 radical (unpaired) electrons. The van der Waals surface area contributed by atoms with E-state index in [2.05, 4.69) is 5.10 Å². The zero-order valence-electron chi connectivity index (χ0n) is 9.22. The van der Waals surface area contributed by atoms with Crippen LogP contribution in [-0.2, 0) is 6.54 Å². The molecule has 0 aliphatic heterocycles. The molecule has 92 valence electrons. The number of rotatable bonds is 3. The summed E-state index contributed by atoms with van der Waals surface area (Å²) in [6, 6.07) is 8.55. The van der Waals surface area contributed by atoms with E-state index in [1.807, 2.05) is 0 Å². The first-order valence-electron chi connectivity index (χ1n) is 5.15. The number of benzene rings is 1. The predicted molar refractivity (Wildman–Crippen MR) is 67.1 cm³/mol. The van der Waals surface area contributed by atoms with Gasteiger partial charge in [-0.15, -0.1) is 0 Å². The molecule has 0 aliphatic rings. The highest BCUT2D eigenvalue weighted by Crippen LogP contribution is 2.10. The van der Waals surface area contributed by atoms with E-state index in [0.717, 1.165) is 16.8 Å². The molecule has 5 nitrogen and oxygen atoms in total. The third kappa shape index (κ3) is 2.75. The van der Waals surface area contributed by atoms with Crippen molar-refractivity contribution < 1.29 is 4.79 Å². The SMILES string of the molecule is O=C(Cn1[nH]c(=O)ccc1=O)c1ccc(Cl)cc1. The smallest absolute Gasteiger partial charge is 0.265 e. The lowest BCUT2D eigenvalue weighted by Crippen LogP contribution is -2.30. The topological polar surface area (TPSA) is 71.9 Å². The fourth-order valence-electron chi connectivity index (χ4n) is 1.45. The van der Waals surface area contributed by atoms with E-state index in [1.54, 1.807) is 24.3 Å². The number of hydrogen-bond donors (Lipinski definition) is 1. The number of hydrogen-bond acceptors (Lipinski definition) is 3. The lowest BCUT2D eigenvalue weighted by atomic mass is 10.1. The van der Waals surface area contributed by atoms with Gasteiger partial charge in [0.15, 0.2) is 5.78 Å². The highest BCUT2D eigenvalue weighted by atomic mass is 35.5. The quantitative estimate of drug-likeness (QED) is 0.843. The van der Waals surface area contributed by atoms with Crippen molar-refractivity contribution in [2.45, 2.75) is 6.54 Å². The minimum absolute atomic E-state index is 0.212. The van der Waals surface area contributed by atoms with Gasteiger partial charge < -0.3 is 0 Å². The number of aromatic amines is 1. The number of nitrogens with zero attached hydrogens (tertiary/aromatic N) is 1. The second kappa shape index (κ2) is 5.01. The van der Waals surface area contributed by atoms with E-state index in [1.165, 1.54) is 0 Å². The van der Waals surface area contributed by atoms with Gasteiger partial charge in [0, 0.05) is 22.7 Å².